The minimum atomic E-state index is 0.0757. The second kappa shape index (κ2) is 5.61. The van der Waals surface area contributed by atoms with Gasteiger partial charge in [-0.2, -0.15) is 5.26 Å². The summed E-state index contributed by atoms with van der Waals surface area (Å²) in [4.78, 5) is 7.81. The van der Waals surface area contributed by atoms with Crippen LogP contribution in [0.4, 0.5) is 0 Å². The zero-order chi connectivity index (χ0) is 14.7. The molecule has 104 valence electrons. The molecule has 0 radical (unpaired) electrons. The smallest absolute Gasteiger partial charge is 0.223 e. The number of fused-ring (bicyclic) bond motifs is 1. The van der Waals surface area contributed by atoms with E-state index in [0.717, 1.165) is 10.9 Å². The molecule has 0 aliphatic rings. The molecule has 0 atom stereocenters. The molecule has 2 aromatic heterocycles. The van der Waals surface area contributed by atoms with Gasteiger partial charge in [-0.05, 0) is 18.2 Å². The zero-order valence-corrected chi connectivity index (χ0v) is 11.1. The molecule has 0 fully saturated rings. The van der Waals surface area contributed by atoms with Gasteiger partial charge in [-0.1, -0.05) is 6.07 Å². The number of aliphatic hydroxyl groups excluding tert-OH is 1. The Labute approximate surface area is 120 Å². The lowest BCUT2D eigenvalue weighted by Crippen LogP contribution is -1.99. The monoisotopic (exact) mass is 280 g/mol. The number of nitrogens with zero attached hydrogens (tertiary/aromatic N) is 4. The van der Waals surface area contributed by atoms with Crippen molar-refractivity contribution in [3.63, 3.8) is 0 Å². The first-order chi connectivity index (χ1) is 10.3. The maximum Gasteiger partial charge on any atom is 0.223 e. The van der Waals surface area contributed by atoms with Gasteiger partial charge in [0.25, 0.3) is 0 Å². The van der Waals surface area contributed by atoms with Crippen LogP contribution in [0.15, 0.2) is 42.9 Å². The highest BCUT2D eigenvalue weighted by molar-refractivity contribution is 5.86. The zero-order valence-electron chi connectivity index (χ0n) is 11.1. The van der Waals surface area contributed by atoms with Crippen LogP contribution >= 0.6 is 0 Å². The Morgan fingerprint density at radius 3 is 3.00 bits per heavy atom. The van der Waals surface area contributed by atoms with E-state index < -0.39 is 0 Å². The molecule has 0 bridgehead atoms. The molecule has 0 aliphatic carbocycles. The van der Waals surface area contributed by atoms with Crippen LogP contribution in [0.5, 0.6) is 11.6 Å². The molecule has 6 heteroatoms. The Morgan fingerprint density at radius 1 is 1.29 bits per heavy atom. The molecular formula is C15H12N4O2. The molecule has 1 aromatic carbocycles. The SMILES string of the molecule is N#Cc1cc(Oc2cccc3c2ccn3CCO)ncn1. The van der Waals surface area contributed by atoms with Gasteiger partial charge in [0.1, 0.15) is 23.8 Å². The van der Waals surface area contributed by atoms with Crippen LogP contribution in [0.1, 0.15) is 5.69 Å². The molecule has 21 heavy (non-hydrogen) atoms. The third kappa shape index (κ3) is 2.55. The number of ether oxygens (including phenoxy) is 1. The summed E-state index contributed by atoms with van der Waals surface area (Å²) in [6.07, 6.45) is 3.19. The van der Waals surface area contributed by atoms with Crippen LogP contribution in [0.25, 0.3) is 10.9 Å². The summed E-state index contributed by atoms with van der Waals surface area (Å²) < 4.78 is 7.69. The fraction of sp³-hybridized carbons (Fsp3) is 0.133. The Balaban J connectivity index is 1.99. The van der Waals surface area contributed by atoms with Gasteiger partial charge in [-0.25, -0.2) is 9.97 Å². The second-order valence-electron chi connectivity index (χ2n) is 4.38. The minimum Gasteiger partial charge on any atom is -0.438 e. The van der Waals surface area contributed by atoms with Crippen LogP contribution in [0, 0.1) is 11.3 Å². The number of hydrogen-bond acceptors (Lipinski definition) is 5. The van der Waals surface area contributed by atoms with Crippen molar-refractivity contribution in [3.8, 4) is 17.7 Å². The average Bonchev–Trinajstić information content (AvgIpc) is 2.92. The lowest BCUT2D eigenvalue weighted by Gasteiger charge is -2.07. The maximum atomic E-state index is 9.06. The highest BCUT2D eigenvalue weighted by Gasteiger charge is 2.08. The predicted octanol–water partition coefficient (Wildman–Crippen LogP) is 2.09. The molecule has 0 saturated heterocycles. The van der Waals surface area contributed by atoms with E-state index in [1.807, 2.05) is 41.1 Å². The van der Waals surface area contributed by atoms with Crippen molar-refractivity contribution in [2.24, 2.45) is 0 Å². The normalized spacial score (nSPS) is 10.5. The van der Waals surface area contributed by atoms with E-state index in [4.69, 9.17) is 15.1 Å². The van der Waals surface area contributed by atoms with Crippen molar-refractivity contribution in [2.75, 3.05) is 6.61 Å². The molecule has 6 nitrogen and oxygen atoms in total. The van der Waals surface area contributed by atoms with E-state index in [2.05, 4.69) is 9.97 Å². The van der Waals surface area contributed by atoms with Crippen LogP contribution in [0.2, 0.25) is 0 Å². The molecule has 0 unspecified atom stereocenters. The van der Waals surface area contributed by atoms with Crippen LogP contribution < -0.4 is 4.74 Å². The minimum absolute atomic E-state index is 0.0757. The van der Waals surface area contributed by atoms with Gasteiger partial charge in [0.2, 0.25) is 5.88 Å². The Kier molecular flexibility index (Phi) is 3.50. The summed E-state index contributed by atoms with van der Waals surface area (Å²) in [5, 5.41) is 18.8. The molecule has 2 heterocycles. The van der Waals surface area contributed by atoms with Gasteiger partial charge in [-0.3, -0.25) is 0 Å². The number of aliphatic hydroxyl groups is 1. The van der Waals surface area contributed by atoms with Gasteiger partial charge >= 0.3 is 0 Å². The predicted molar refractivity (Wildman–Crippen MR) is 75.8 cm³/mol. The van der Waals surface area contributed by atoms with E-state index in [9.17, 15) is 0 Å². The molecule has 3 aromatic rings. The summed E-state index contributed by atoms with van der Waals surface area (Å²) in [6, 6.07) is 11.0. The van der Waals surface area contributed by atoms with Crippen molar-refractivity contribution in [3.05, 3.63) is 48.5 Å². The molecular weight excluding hydrogens is 268 g/mol. The van der Waals surface area contributed by atoms with Crippen LogP contribution in [-0.4, -0.2) is 26.2 Å². The summed E-state index contributed by atoms with van der Waals surface area (Å²) in [7, 11) is 0. The van der Waals surface area contributed by atoms with Crippen molar-refractivity contribution in [1.29, 1.82) is 5.26 Å². The topological polar surface area (TPSA) is 84.0 Å². The fourth-order valence-corrected chi connectivity index (χ4v) is 2.16. The van der Waals surface area contributed by atoms with E-state index in [1.165, 1.54) is 12.4 Å². The summed E-state index contributed by atoms with van der Waals surface area (Å²) >= 11 is 0. The van der Waals surface area contributed by atoms with Gasteiger partial charge < -0.3 is 14.4 Å². The Hall–Kier alpha value is -2.91. The van der Waals surface area contributed by atoms with Crippen molar-refractivity contribution < 1.29 is 9.84 Å². The van der Waals surface area contributed by atoms with E-state index in [0.29, 0.717) is 18.2 Å². The van der Waals surface area contributed by atoms with Crippen molar-refractivity contribution >= 4 is 10.9 Å². The van der Waals surface area contributed by atoms with Crippen molar-refractivity contribution in [1.82, 2.24) is 14.5 Å². The van der Waals surface area contributed by atoms with Crippen LogP contribution in [0.3, 0.4) is 0 Å². The quantitative estimate of drug-likeness (QED) is 0.791. The Bertz CT molecular complexity index is 820. The van der Waals surface area contributed by atoms with Crippen LogP contribution in [-0.2, 0) is 6.54 Å². The molecule has 0 spiro atoms. The molecule has 0 saturated carbocycles. The van der Waals surface area contributed by atoms with Gasteiger partial charge in [-0.15, -0.1) is 0 Å². The van der Waals surface area contributed by atoms with E-state index in [1.54, 1.807) is 0 Å². The van der Waals surface area contributed by atoms with E-state index in [-0.39, 0.29) is 12.3 Å². The van der Waals surface area contributed by atoms with Gasteiger partial charge in [0, 0.05) is 24.2 Å². The Morgan fingerprint density at radius 2 is 2.19 bits per heavy atom. The summed E-state index contributed by atoms with van der Waals surface area (Å²) in [5.41, 5.74) is 1.22. The molecule has 3 rings (SSSR count). The largest absolute Gasteiger partial charge is 0.438 e. The number of rotatable bonds is 4. The molecule has 1 N–H and O–H groups in total. The van der Waals surface area contributed by atoms with Gasteiger partial charge in [0.05, 0.1) is 12.1 Å². The fourth-order valence-electron chi connectivity index (χ4n) is 2.16. The first kappa shape index (κ1) is 13.1. The third-order valence-corrected chi connectivity index (χ3v) is 3.09. The number of benzene rings is 1. The maximum absolute atomic E-state index is 9.06. The third-order valence-electron chi connectivity index (χ3n) is 3.09. The first-order valence-electron chi connectivity index (χ1n) is 6.40. The number of hydrogen-bond donors (Lipinski definition) is 1. The highest BCUT2D eigenvalue weighted by atomic mass is 16.5. The first-order valence-corrected chi connectivity index (χ1v) is 6.40. The lowest BCUT2D eigenvalue weighted by molar-refractivity contribution is 0.278. The standard InChI is InChI=1S/C15H12N4O2/c16-9-11-8-15(18-10-17-11)21-14-3-1-2-13-12(14)4-5-19(13)6-7-20/h1-5,8,10,20H,6-7H2. The highest BCUT2D eigenvalue weighted by Crippen LogP contribution is 2.29. The van der Waals surface area contributed by atoms with Gasteiger partial charge in [0.15, 0.2) is 0 Å². The lowest BCUT2D eigenvalue weighted by atomic mass is 10.2. The van der Waals surface area contributed by atoms with Crippen molar-refractivity contribution in [2.45, 2.75) is 6.54 Å². The summed E-state index contributed by atoms with van der Waals surface area (Å²) in [6.45, 7) is 0.603. The number of aromatic nitrogens is 3. The second-order valence-corrected chi connectivity index (χ2v) is 4.38. The van der Waals surface area contributed by atoms with E-state index >= 15 is 0 Å². The average molecular weight is 280 g/mol. The number of nitriles is 1. The molecule has 0 amide bonds. The molecule has 0 aliphatic heterocycles. The summed E-state index contributed by atoms with van der Waals surface area (Å²) in [5.74, 6) is 0.968.